The summed E-state index contributed by atoms with van der Waals surface area (Å²) in [5, 5.41) is 22.4. The zero-order chi connectivity index (χ0) is 25.1. The highest BCUT2D eigenvalue weighted by molar-refractivity contribution is 7.47. The van der Waals surface area contributed by atoms with E-state index in [0.717, 1.165) is 32.1 Å². The van der Waals surface area contributed by atoms with Crippen LogP contribution >= 0.6 is 31.0 Å². The quantitative estimate of drug-likeness (QED) is 0.134. The second-order valence-corrected chi connectivity index (χ2v) is 10.8. The summed E-state index contributed by atoms with van der Waals surface area (Å²) in [6.07, 6.45) is 1.26. The molecule has 2 N–H and O–H groups in total. The summed E-state index contributed by atoms with van der Waals surface area (Å²) in [5.41, 5.74) is 0. The Morgan fingerprint density at radius 1 is 1.09 bits per heavy atom. The third-order valence-corrected chi connectivity index (χ3v) is 6.25. The number of phosphoric acid groups is 1. The highest BCUT2D eigenvalue weighted by Gasteiger charge is 2.34. The van der Waals surface area contributed by atoms with Gasteiger partial charge in [-0.3, -0.25) is 13.8 Å². The number of rotatable bonds is 17. The van der Waals surface area contributed by atoms with Crippen molar-refractivity contribution in [3.05, 3.63) is 28.2 Å². The van der Waals surface area contributed by atoms with Crippen LogP contribution in [0.5, 0.6) is 5.75 Å². The maximum Gasteiger partial charge on any atom is 0.472 e. The van der Waals surface area contributed by atoms with Crippen LogP contribution in [0.4, 0.5) is 0 Å². The summed E-state index contributed by atoms with van der Waals surface area (Å²) in [6.45, 7) is 0.515. The lowest BCUT2D eigenvalue weighted by Crippen LogP contribution is -2.60. The van der Waals surface area contributed by atoms with Crippen molar-refractivity contribution in [3.8, 4) is 5.75 Å². The van der Waals surface area contributed by atoms with E-state index in [0.29, 0.717) is 28.8 Å². The molecule has 1 aromatic carbocycles. The fourth-order valence-corrected chi connectivity index (χ4v) is 4.33. The van der Waals surface area contributed by atoms with Crippen molar-refractivity contribution in [3.63, 3.8) is 0 Å². The summed E-state index contributed by atoms with van der Waals surface area (Å²) >= 11 is 11.9. The number of benzene rings is 1. The molecular weight excluding hydrogens is 496 g/mol. The molecule has 9 nitrogen and oxygen atoms in total. The van der Waals surface area contributed by atoms with Gasteiger partial charge in [-0.25, -0.2) is 4.57 Å². The van der Waals surface area contributed by atoms with E-state index < -0.39 is 32.5 Å². The molecule has 0 heterocycles. The molecule has 0 spiro atoms. The predicted octanol–water partition coefficient (Wildman–Crippen LogP) is 4.08. The zero-order valence-corrected chi connectivity index (χ0v) is 21.7. The van der Waals surface area contributed by atoms with Crippen molar-refractivity contribution in [2.45, 2.75) is 57.3 Å². The van der Waals surface area contributed by atoms with Gasteiger partial charge in [0, 0.05) is 11.3 Å². The van der Waals surface area contributed by atoms with Gasteiger partial charge in [0.25, 0.3) is 0 Å². The van der Waals surface area contributed by atoms with Crippen LogP contribution < -0.4 is 9.84 Å². The standard InChI is InChI=1S/C21H34Cl2NO8P/c1-24(2,3)21(27)19(15-20(25)26)32-33(28,29)31-13-9-7-5-4-6-8-12-30-18-11-10-16(22)14-17(18)23/h10-11,14,19,21H,4-9,12-13,15H2,1-3H3,(H,25,26)(H,28,29)/t19-,21?/m1/s1. The second kappa shape index (κ2) is 14.5. The van der Waals surface area contributed by atoms with E-state index in [1.54, 1.807) is 39.3 Å². The van der Waals surface area contributed by atoms with Gasteiger partial charge in [-0.05, 0) is 31.0 Å². The molecule has 33 heavy (non-hydrogen) atoms. The van der Waals surface area contributed by atoms with Crippen molar-refractivity contribution >= 4 is 37.0 Å². The summed E-state index contributed by atoms with van der Waals surface area (Å²) in [6, 6.07) is 5.08. The molecule has 1 rings (SSSR count). The number of halogens is 2. The number of hydrogen-bond donors (Lipinski definition) is 2. The van der Waals surface area contributed by atoms with E-state index in [9.17, 15) is 19.4 Å². The van der Waals surface area contributed by atoms with Crippen LogP contribution in [0.25, 0.3) is 0 Å². The van der Waals surface area contributed by atoms with Crippen LogP contribution in [0.15, 0.2) is 18.2 Å². The number of unbranched alkanes of at least 4 members (excludes halogenated alkanes) is 5. The monoisotopic (exact) mass is 529 g/mol. The van der Waals surface area contributed by atoms with E-state index in [2.05, 4.69) is 0 Å². The molecule has 0 bridgehead atoms. The molecule has 0 aliphatic carbocycles. The molecule has 0 radical (unpaired) electrons. The van der Waals surface area contributed by atoms with Gasteiger partial charge in [0.2, 0.25) is 0 Å². The molecule has 3 atom stereocenters. The third kappa shape index (κ3) is 12.9. The molecule has 0 aromatic heterocycles. The van der Waals surface area contributed by atoms with Gasteiger partial charge >= 0.3 is 13.8 Å². The van der Waals surface area contributed by atoms with Crippen molar-refractivity contribution in [1.82, 2.24) is 0 Å². The highest BCUT2D eigenvalue weighted by atomic mass is 35.5. The van der Waals surface area contributed by atoms with E-state index >= 15 is 0 Å². The lowest BCUT2D eigenvalue weighted by atomic mass is 10.1. The minimum atomic E-state index is -4.54. The van der Waals surface area contributed by atoms with Gasteiger partial charge in [0.1, 0.15) is 11.9 Å². The number of carboxylic acids is 1. The average Bonchev–Trinajstić information content (AvgIpc) is 2.68. The topological polar surface area (TPSA) is 125 Å². The van der Waals surface area contributed by atoms with Gasteiger partial charge < -0.3 is 24.3 Å². The number of hydrogen-bond acceptors (Lipinski definition) is 6. The van der Waals surface area contributed by atoms with E-state index in [1.807, 2.05) is 0 Å². The maximum absolute atomic E-state index is 12.4. The van der Waals surface area contributed by atoms with Crippen LogP contribution in [0, 0.1) is 0 Å². The normalized spacial score (nSPS) is 15.6. The Hall–Kier alpha value is -0.900. The molecule has 1 aromatic rings. The van der Waals surface area contributed by atoms with Gasteiger partial charge in [0.15, 0.2) is 0 Å². The Morgan fingerprint density at radius 2 is 1.67 bits per heavy atom. The Balaban J connectivity index is 2.21. The molecule has 0 aliphatic heterocycles. The van der Waals surface area contributed by atoms with Crippen LogP contribution in [0.3, 0.4) is 0 Å². The Morgan fingerprint density at radius 3 is 2.21 bits per heavy atom. The summed E-state index contributed by atoms with van der Waals surface area (Å²) in [5.74, 6) is -0.694. The molecule has 2 unspecified atom stereocenters. The van der Waals surface area contributed by atoms with Crippen molar-refractivity contribution in [2.75, 3.05) is 34.4 Å². The summed E-state index contributed by atoms with van der Waals surface area (Å²) < 4.78 is 27.4. The van der Waals surface area contributed by atoms with Crippen molar-refractivity contribution in [1.29, 1.82) is 0 Å². The number of ether oxygens (including phenoxy) is 1. The van der Waals surface area contributed by atoms with E-state index in [1.165, 1.54) is 0 Å². The van der Waals surface area contributed by atoms with Gasteiger partial charge in [-0.1, -0.05) is 48.9 Å². The smallest absolute Gasteiger partial charge is 0.472 e. The molecular formula is C21H34Cl2NO8P. The Kier molecular flexibility index (Phi) is 13.2. The first kappa shape index (κ1) is 30.1. The lowest BCUT2D eigenvalue weighted by Gasteiger charge is -2.42. The van der Waals surface area contributed by atoms with Crippen LogP contribution in [-0.2, 0) is 18.4 Å². The molecule has 0 saturated carbocycles. The number of quaternary nitrogens is 1. The number of carbonyl (C=O) groups is 1. The lowest BCUT2D eigenvalue weighted by molar-refractivity contribution is -0.973. The SMILES string of the molecule is C[N+](C)(C)C([O-])[C@@H](CC(=O)O)OP(=O)(O)OCCCCCCCCOc1ccc(Cl)cc1Cl. The third-order valence-electron chi connectivity index (χ3n) is 4.67. The van der Waals surface area contributed by atoms with E-state index in [4.69, 9.17) is 42.1 Å². The van der Waals surface area contributed by atoms with E-state index in [-0.39, 0.29) is 11.1 Å². The fourth-order valence-electron chi connectivity index (χ4n) is 2.93. The molecule has 0 amide bonds. The van der Waals surface area contributed by atoms with Crippen molar-refractivity contribution in [2.24, 2.45) is 0 Å². The zero-order valence-electron chi connectivity index (χ0n) is 19.2. The summed E-state index contributed by atoms with van der Waals surface area (Å²) in [4.78, 5) is 20.9. The first-order chi connectivity index (χ1) is 15.3. The molecule has 0 aliphatic rings. The minimum absolute atomic E-state index is 0.0281. The number of carboxylic acid groups (broad SMARTS) is 1. The first-order valence-corrected chi connectivity index (χ1v) is 13.0. The molecule has 0 saturated heterocycles. The van der Waals surface area contributed by atoms with Crippen LogP contribution in [-0.4, -0.2) is 67.1 Å². The molecule has 190 valence electrons. The van der Waals surface area contributed by atoms with Crippen molar-refractivity contribution < 1.29 is 42.7 Å². The minimum Gasteiger partial charge on any atom is -0.804 e. The fraction of sp³-hybridized carbons (Fsp3) is 0.667. The van der Waals surface area contributed by atoms with Gasteiger partial charge in [0.05, 0.1) is 45.8 Å². The second-order valence-electron chi connectivity index (χ2n) is 8.59. The number of likely N-dealkylation sites (N-methyl/N-ethyl adjacent to an activating group) is 1. The number of phosphoric ester groups is 1. The van der Waals surface area contributed by atoms with Crippen LogP contribution in [0.1, 0.15) is 44.9 Å². The molecule has 0 fully saturated rings. The number of nitrogens with zero attached hydrogens (tertiary/aromatic N) is 1. The predicted molar refractivity (Wildman–Crippen MR) is 124 cm³/mol. The molecule has 12 heteroatoms. The Labute approximate surface area is 205 Å². The first-order valence-electron chi connectivity index (χ1n) is 10.7. The summed E-state index contributed by atoms with van der Waals surface area (Å²) in [7, 11) is 0.116. The van der Waals surface area contributed by atoms with Gasteiger partial charge in [-0.15, -0.1) is 0 Å². The van der Waals surface area contributed by atoms with Gasteiger partial charge in [-0.2, -0.15) is 0 Å². The number of aliphatic carboxylic acids is 1. The average molecular weight is 530 g/mol. The highest BCUT2D eigenvalue weighted by Crippen LogP contribution is 2.45. The maximum atomic E-state index is 12.4. The largest absolute Gasteiger partial charge is 0.804 e. The van der Waals surface area contributed by atoms with Crippen LogP contribution in [0.2, 0.25) is 10.0 Å². The Bertz CT molecular complexity index is 790.